The van der Waals surface area contributed by atoms with E-state index in [-0.39, 0.29) is 13.0 Å². The standard InChI is InChI=1S/C7H8O3/c1-3-5-10-7(9)6(8)4-2/h1H,4-5H2,2H3. The van der Waals surface area contributed by atoms with Crippen LogP contribution in [0.5, 0.6) is 0 Å². The van der Waals surface area contributed by atoms with Gasteiger partial charge in [-0.1, -0.05) is 12.8 Å². The Balaban J connectivity index is 3.65. The van der Waals surface area contributed by atoms with Crippen LogP contribution < -0.4 is 0 Å². The van der Waals surface area contributed by atoms with E-state index >= 15 is 0 Å². The zero-order valence-electron chi connectivity index (χ0n) is 5.72. The van der Waals surface area contributed by atoms with Crippen molar-refractivity contribution in [2.45, 2.75) is 13.3 Å². The molecule has 0 heterocycles. The predicted molar refractivity (Wildman–Crippen MR) is 35.1 cm³/mol. The monoisotopic (exact) mass is 140 g/mol. The summed E-state index contributed by atoms with van der Waals surface area (Å²) in [6, 6.07) is 0. The maximum atomic E-state index is 10.5. The predicted octanol–water partition coefficient (Wildman–Crippen LogP) is 0.142. The van der Waals surface area contributed by atoms with E-state index < -0.39 is 11.8 Å². The molecule has 0 aromatic carbocycles. The van der Waals surface area contributed by atoms with Crippen molar-refractivity contribution >= 4 is 11.8 Å². The minimum atomic E-state index is -0.847. The van der Waals surface area contributed by atoms with E-state index in [9.17, 15) is 9.59 Å². The molecule has 0 fully saturated rings. The highest BCUT2D eigenvalue weighted by Crippen LogP contribution is 1.84. The minimum absolute atomic E-state index is 0.134. The van der Waals surface area contributed by atoms with Crippen LogP contribution in [-0.2, 0) is 14.3 Å². The van der Waals surface area contributed by atoms with E-state index in [1.54, 1.807) is 6.92 Å². The fraction of sp³-hybridized carbons (Fsp3) is 0.429. The average Bonchev–Trinajstić information content (AvgIpc) is 1.98. The second kappa shape index (κ2) is 4.57. The zero-order chi connectivity index (χ0) is 7.98. The zero-order valence-corrected chi connectivity index (χ0v) is 5.72. The summed E-state index contributed by atoms with van der Waals surface area (Å²) in [5.74, 6) is 0.689. The van der Waals surface area contributed by atoms with Crippen LogP contribution in [0.3, 0.4) is 0 Å². The number of hydrogen-bond acceptors (Lipinski definition) is 3. The molecule has 0 bridgehead atoms. The first-order valence-corrected chi connectivity index (χ1v) is 2.85. The Bertz CT molecular complexity index is 176. The Hall–Kier alpha value is -1.30. The van der Waals surface area contributed by atoms with Crippen molar-refractivity contribution < 1.29 is 14.3 Å². The smallest absolute Gasteiger partial charge is 0.375 e. The third kappa shape index (κ3) is 2.88. The van der Waals surface area contributed by atoms with Gasteiger partial charge in [0.25, 0.3) is 0 Å². The van der Waals surface area contributed by atoms with Crippen molar-refractivity contribution in [2.24, 2.45) is 0 Å². The first kappa shape index (κ1) is 8.70. The topological polar surface area (TPSA) is 43.4 Å². The molecule has 0 spiro atoms. The Morgan fingerprint density at radius 2 is 2.20 bits per heavy atom. The summed E-state index contributed by atoms with van der Waals surface area (Å²) in [7, 11) is 0. The Kier molecular flexibility index (Phi) is 3.97. The van der Waals surface area contributed by atoms with Crippen molar-refractivity contribution in [3.8, 4) is 12.3 Å². The van der Waals surface area contributed by atoms with Gasteiger partial charge in [0.15, 0.2) is 6.61 Å². The largest absolute Gasteiger partial charge is 0.447 e. The Morgan fingerprint density at radius 3 is 2.60 bits per heavy atom. The van der Waals surface area contributed by atoms with Crippen LogP contribution in [0.2, 0.25) is 0 Å². The molecule has 3 nitrogen and oxygen atoms in total. The highest BCUT2D eigenvalue weighted by Gasteiger charge is 2.10. The van der Waals surface area contributed by atoms with Crippen LogP contribution in [0.15, 0.2) is 0 Å². The Morgan fingerprint density at radius 1 is 1.60 bits per heavy atom. The molecule has 10 heavy (non-hydrogen) atoms. The van der Waals surface area contributed by atoms with E-state index in [0.717, 1.165) is 0 Å². The molecule has 3 heteroatoms. The van der Waals surface area contributed by atoms with E-state index in [2.05, 4.69) is 10.7 Å². The van der Waals surface area contributed by atoms with Crippen molar-refractivity contribution in [2.75, 3.05) is 6.61 Å². The van der Waals surface area contributed by atoms with Crippen LogP contribution in [0, 0.1) is 12.3 Å². The summed E-state index contributed by atoms with van der Waals surface area (Å²) in [5.41, 5.74) is 0. The summed E-state index contributed by atoms with van der Waals surface area (Å²) in [4.78, 5) is 20.9. The second-order valence-electron chi connectivity index (χ2n) is 1.56. The van der Waals surface area contributed by atoms with Gasteiger partial charge in [0.2, 0.25) is 5.78 Å². The van der Waals surface area contributed by atoms with Crippen molar-refractivity contribution in [1.82, 2.24) is 0 Å². The molecule has 0 aliphatic carbocycles. The molecule has 0 saturated carbocycles. The van der Waals surface area contributed by atoms with E-state index in [4.69, 9.17) is 6.42 Å². The summed E-state index contributed by atoms with van der Waals surface area (Å²) < 4.78 is 4.32. The molecule has 0 rings (SSSR count). The number of terminal acetylenes is 1. The van der Waals surface area contributed by atoms with Crippen molar-refractivity contribution in [3.05, 3.63) is 0 Å². The van der Waals surface area contributed by atoms with Gasteiger partial charge in [0, 0.05) is 6.42 Å². The van der Waals surface area contributed by atoms with Gasteiger partial charge in [0.1, 0.15) is 0 Å². The molecule has 0 radical (unpaired) electrons. The van der Waals surface area contributed by atoms with E-state index in [1.807, 2.05) is 0 Å². The lowest BCUT2D eigenvalue weighted by molar-refractivity contribution is -0.152. The molecule has 0 atom stereocenters. The van der Waals surface area contributed by atoms with Crippen LogP contribution >= 0.6 is 0 Å². The molecular weight excluding hydrogens is 132 g/mol. The summed E-state index contributed by atoms with van der Waals surface area (Å²) >= 11 is 0. The quantitative estimate of drug-likeness (QED) is 0.318. The average molecular weight is 140 g/mol. The maximum Gasteiger partial charge on any atom is 0.375 e. The molecule has 0 N–H and O–H groups in total. The van der Waals surface area contributed by atoms with Gasteiger partial charge in [-0.2, -0.15) is 0 Å². The molecule has 0 amide bonds. The van der Waals surface area contributed by atoms with E-state index in [1.165, 1.54) is 0 Å². The van der Waals surface area contributed by atoms with Crippen LogP contribution in [0.4, 0.5) is 0 Å². The number of Topliss-reactive ketones (excluding diaryl/α,β-unsaturated/α-hetero) is 1. The third-order valence-corrected chi connectivity index (χ3v) is 0.835. The third-order valence-electron chi connectivity index (χ3n) is 0.835. The molecule has 0 aromatic heterocycles. The second-order valence-corrected chi connectivity index (χ2v) is 1.56. The number of hydrogen-bond donors (Lipinski definition) is 0. The molecule has 0 saturated heterocycles. The maximum absolute atomic E-state index is 10.5. The minimum Gasteiger partial charge on any atom is -0.447 e. The first-order chi connectivity index (χ1) is 4.72. The highest BCUT2D eigenvalue weighted by atomic mass is 16.5. The number of carbonyl (C=O) groups excluding carboxylic acids is 2. The summed E-state index contributed by atoms with van der Waals surface area (Å²) in [6.07, 6.45) is 4.94. The number of ketones is 1. The van der Waals surface area contributed by atoms with Gasteiger partial charge in [-0.25, -0.2) is 4.79 Å². The Labute approximate surface area is 59.4 Å². The van der Waals surface area contributed by atoms with Gasteiger partial charge in [-0.3, -0.25) is 4.79 Å². The molecule has 0 aromatic rings. The van der Waals surface area contributed by atoms with E-state index in [0.29, 0.717) is 0 Å². The fourth-order valence-corrected chi connectivity index (χ4v) is 0.332. The van der Waals surface area contributed by atoms with Gasteiger partial charge in [0.05, 0.1) is 0 Å². The number of rotatable bonds is 3. The summed E-state index contributed by atoms with van der Waals surface area (Å²) in [5, 5.41) is 0. The molecular formula is C7H8O3. The fourth-order valence-electron chi connectivity index (χ4n) is 0.332. The van der Waals surface area contributed by atoms with Gasteiger partial charge in [-0.05, 0) is 0 Å². The summed E-state index contributed by atoms with van der Waals surface area (Å²) in [6.45, 7) is 1.45. The SMILES string of the molecule is C#CCOC(=O)C(=O)CC. The lowest BCUT2D eigenvalue weighted by Gasteiger charge is -1.95. The van der Waals surface area contributed by atoms with Crippen molar-refractivity contribution in [3.63, 3.8) is 0 Å². The van der Waals surface area contributed by atoms with Gasteiger partial charge in [-0.15, -0.1) is 6.42 Å². The molecule has 0 aliphatic heterocycles. The van der Waals surface area contributed by atoms with Crippen LogP contribution in [-0.4, -0.2) is 18.4 Å². The number of esters is 1. The lowest BCUT2D eigenvalue weighted by atomic mass is 10.3. The normalized spacial score (nSPS) is 8.00. The highest BCUT2D eigenvalue weighted by molar-refractivity contribution is 6.33. The molecule has 0 aliphatic rings. The number of carbonyl (C=O) groups is 2. The van der Waals surface area contributed by atoms with Crippen molar-refractivity contribution in [1.29, 1.82) is 0 Å². The lowest BCUT2D eigenvalue weighted by Crippen LogP contribution is -2.16. The van der Waals surface area contributed by atoms with Crippen LogP contribution in [0.25, 0.3) is 0 Å². The molecule has 0 unspecified atom stereocenters. The first-order valence-electron chi connectivity index (χ1n) is 2.85. The number of ether oxygens (including phenoxy) is 1. The van der Waals surface area contributed by atoms with Gasteiger partial charge < -0.3 is 4.74 Å². The van der Waals surface area contributed by atoms with Crippen LogP contribution in [0.1, 0.15) is 13.3 Å². The van der Waals surface area contributed by atoms with Gasteiger partial charge >= 0.3 is 5.97 Å². The molecule has 54 valence electrons.